The normalized spacial score (nSPS) is 14.8. The van der Waals surface area contributed by atoms with E-state index in [-0.39, 0.29) is 5.91 Å². The van der Waals surface area contributed by atoms with E-state index in [0.29, 0.717) is 18.3 Å². The molecule has 0 bridgehead atoms. The largest absolute Gasteiger partial charge is 0.349 e. The average molecular weight is 284 g/mol. The molecule has 1 aromatic heterocycles. The summed E-state index contributed by atoms with van der Waals surface area (Å²) >= 11 is 3.30. The van der Waals surface area contributed by atoms with Gasteiger partial charge in [0.15, 0.2) is 0 Å². The Kier molecular flexibility index (Phi) is 3.90. The van der Waals surface area contributed by atoms with Crippen LogP contribution in [-0.4, -0.2) is 30.0 Å². The van der Waals surface area contributed by atoms with Crippen molar-refractivity contribution in [3.63, 3.8) is 0 Å². The maximum absolute atomic E-state index is 11.7. The van der Waals surface area contributed by atoms with Crippen LogP contribution in [0.15, 0.2) is 22.8 Å². The first kappa shape index (κ1) is 11.5. The molecule has 1 fully saturated rings. The number of halogens is 1. The van der Waals surface area contributed by atoms with E-state index in [2.05, 4.69) is 31.5 Å². The van der Waals surface area contributed by atoms with E-state index < -0.39 is 0 Å². The van der Waals surface area contributed by atoms with Crippen LogP contribution in [0.5, 0.6) is 0 Å². The van der Waals surface area contributed by atoms with Crippen LogP contribution >= 0.6 is 15.9 Å². The Hall–Kier alpha value is -0.940. The number of hydrogen-bond donors (Lipinski definition) is 2. The number of nitrogens with one attached hydrogen (secondary N) is 2. The van der Waals surface area contributed by atoms with Crippen molar-refractivity contribution in [2.24, 2.45) is 0 Å². The van der Waals surface area contributed by atoms with Gasteiger partial charge in [-0.05, 0) is 40.9 Å². The number of aromatic nitrogens is 1. The van der Waals surface area contributed by atoms with Gasteiger partial charge in [0.05, 0.1) is 0 Å². The van der Waals surface area contributed by atoms with Crippen molar-refractivity contribution in [1.29, 1.82) is 0 Å². The maximum Gasteiger partial charge on any atom is 0.271 e. The molecule has 4 nitrogen and oxygen atoms in total. The van der Waals surface area contributed by atoms with E-state index in [1.54, 1.807) is 12.3 Å². The zero-order chi connectivity index (χ0) is 11.4. The molecule has 2 N–H and O–H groups in total. The highest BCUT2D eigenvalue weighted by Gasteiger charge is 2.19. The van der Waals surface area contributed by atoms with Crippen LogP contribution < -0.4 is 10.6 Å². The molecule has 1 heterocycles. The topological polar surface area (TPSA) is 54.0 Å². The van der Waals surface area contributed by atoms with Gasteiger partial charge in [-0.1, -0.05) is 0 Å². The number of hydrogen-bond acceptors (Lipinski definition) is 3. The lowest BCUT2D eigenvalue weighted by Crippen LogP contribution is -2.33. The molecule has 0 unspecified atom stereocenters. The minimum absolute atomic E-state index is 0.134. The predicted octanol–water partition coefficient (Wildman–Crippen LogP) is 1.33. The van der Waals surface area contributed by atoms with Crippen molar-refractivity contribution in [3.8, 4) is 0 Å². The van der Waals surface area contributed by atoms with Gasteiger partial charge in [0.25, 0.3) is 5.91 Å². The number of rotatable bonds is 5. The van der Waals surface area contributed by atoms with Gasteiger partial charge in [-0.3, -0.25) is 4.79 Å². The van der Waals surface area contributed by atoms with Gasteiger partial charge in [-0.2, -0.15) is 0 Å². The average Bonchev–Trinajstić information content (AvgIpc) is 3.08. The Bertz CT molecular complexity index is 379. The Balaban J connectivity index is 1.76. The third kappa shape index (κ3) is 3.28. The van der Waals surface area contributed by atoms with Gasteiger partial charge in [0.2, 0.25) is 0 Å². The third-order valence-electron chi connectivity index (χ3n) is 2.39. The van der Waals surface area contributed by atoms with Crippen LogP contribution in [-0.2, 0) is 0 Å². The molecule has 1 saturated carbocycles. The van der Waals surface area contributed by atoms with Crippen molar-refractivity contribution in [2.45, 2.75) is 18.9 Å². The van der Waals surface area contributed by atoms with E-state index in [4.69, 9.17) is 0 Å². The Morgan fingerprint density at radius 2 is 2.31 bits per heavy atom. The zero-order valence-electron chi connectivity index (χ0n) is 8.87. The summed E-state index contributed by atoms with van der Waals surface area (Å²) in [7, 11) is 0. The van der Waals surface area contributed by atoms with Crippen LogP contribution in [0.4, 0.5) is 0 Å². The number of pyridine rings is 1. The van der Waals surface area contributed by atoms with Crippen molar-refractivity contribution in [2.75, 3.05) is 13.1 Å². The summed E-state index contributed by atoms with van der Waals surface area (Å²) in [6, 6.07) is 4.28. The molecule has 0 saturated heterocycles. The second-order valence-electron chi connectivity index (χ2n) is 3.82. The SMILES string of the molecule is O=C(NCCNC1CC1)c1ncccc1Br. The number of carbonyl (C=O) groups is 1. The van der Waals surface area contributed by atoms with Crippen molar-refractivity contribution >= 4 is 21.8 Å². The molecule has 0 aliphatic heterocycles. The highest BCUT2D eigenvalue weighted by atomic mass is 79.9. The molecule has 0 radical (unpaired) electrons. The Labute approximate surface area is 103 Å². The Morgan fingerprint density at radius 1 is 1.50 bits per heavy atom. The molecule has 5 heteroatoms. The summed E-state index contributed by atoms with van der Waals surface area (Å²) in [6.07, 6.45) is 4.14. The molecule has 0 spiro atoms. The minimum Gasteiger partial charge on any atom is -0.349 e. The summed E-state index contributed by atoms with van der Waals surface area (Å²) in [5, 5.41) is 6.16. The van der Waals surface area contributed by atoms with Gasteiger partial charge >= 0.3 is 0 Å². The molecule has 1 aromatic rings. The highest BCUT2D eigenvalue weighted by Crippen LogP contribution is 2.17. The van der Waals surface area contributed by atoms with Gasteiger partial charge in [-0.25, -0.2) is 4.98 Å². The lowest BCUT2D eigenvalue weighted by molar-refractivity contribution is 0.0948. The molecule has 0 atom stereocenters. The first-order chi connectivity index (χ1) is 7.77. The van der Waals surface area contributed by atoms with E-state index >= 15 is 0 Å². The third-order valence-corrected chi connectivity index (χ3v) is 3.03. The van der Waals surface area contributed by atoms with Crippen molar-refractivity contribution in [3.05, 3.63) is 28.5 Å². The number of nitrogens with zero attached hydrogens (tertiary/aromatic N) is 1. The second-order valence-corrected chi connectivity index (χ2v) is 4.67. The summed E-state index contributed by atoms with van der Waals surface area (Å²) in [4.78, 5) is 15.7. The van der Waals surface area contributed by atoms with E-state index in [9.17, 15) is 4.79 Å². The molecule has 0 aromatic carbocycles. The molecule has 1 aliphatic rings. The van der Waals surface area contributed by atoms with Crippen LogP contribution in [0.2, 0.25) is 0 Å². The molecule has 2 rings (SSSR count). The molecular weight excluding hydrogens is 270 g/mol. The minimum atomic E-state index is -0.134. The summed E-state index contributed by atoms with van der Waals surface area (Å²) in [5.74, 6) is -0.134. The molecule has 1 amide bonds. The number of carbonyl (C=O) groups excluding carboxylic acids is 1. The zero-order valence-corrected chi connectivity index (χ0v) is 10.5. The molecular formula is C11H14BrN3O. The van der Waals surface area contributed by atoms with Crippen molar-refractivity contribution < 1.29 is 4.79 Å². The van der Waals surface area contributed by atoms with Gasteiger partial charge in [-0.15, -0.1) is 0 Å². The van der Waals surface area contributed by atoms with Crippen molar-refractivity contribution in [1.82, 2.24) is 15.6 Å². The fourth-order valence-electron chi connectivity index (χ4n) is 1.38. The van der Waals surface area contributed by atoms with Crippen LogP contribution in [0, 0.1) is 0 Å². The molecule has 1 aliphatic carbocycles. The van der Waals surface area contributed by atoms with Crippen LogP contribution in [0.3, 0.4) is 0 Å². The highest BCUT2D eigenvalue weighted by molar-refractivity contribution is 9.10. The lowest BCUT2D eigenvalue weighted by atomic mass is 10.3. The summed E-state index contributed by atoms with van der Waals surface area (Å²) < 4.78 is 0.725. The first-order valence-corrected chi connectivity index (χ1v) is 6.19. The van der Waals surface area contributed by atoms with Crippen LogP contribution in [0.25, 0.3) is 0 Å². The predicted molar refractivity (Wildman–Crippen MR) is 65.3 cm³/mol. The second kappa shape index (κ2) is 5.41. The fraction of sp³-hybridized carbons (Fsp3) is 0.455. The van der Waals surface area contributed by atoms with Gasteiger partial charge in [0.1, 0.15) is 5.69 Å². The first-order valence-electron chi connectivity index (χ1n) is 5.39. The lowest BCUT2D eigenvalue weighted by Gasteiger charge is -2.06. The molecule has 16 heavy (non-hydrogen) atoms. The summed E-state index contributed by atoms with van der Waals surface area (Å²) in [6.45, 7) is 1.46. The maximum atomic E-state index is 11.7. The van der Waals surface area contributed by atoms with Gasteiger partial charge in [0, 0.05) is 29.8 Å². The van der Waals surface area contributed by atoms with E-state index in [0.717, 1.165) is 11.0 Å². The quantitative estimate of drug-likeness (QED) is 0.802. The van der Waals surface area contributed by atoms with Crippen LogP contribution in [0.1, 0.15) is 23.3 Å². The monoisotopic (exact) mass is 283 g/mol. The van der Waals surface area contributed by atoms with E-state index in [1.807, 2.05) is 6.07 Å². The standard InChI is InChI=1S/C11H14BrN3O/c12-9-2-1-5-14-10(9)11(16)15-7-6-13-8-3-4-8/h1-2,5,8,13H,3-4,6-7H2,(H,15,16). The van der Waals surface area contributed by atoms with Gasteiger partial charge < -0.3 is 10.6 Å². The summed E-state index contributed by atoms with van der Waals surface area (Å²) in [5.41, 5.74) is 0.439. The number of amides is 1. The Morgan fingerprint density at radius 3 is 3.00 bits per heavy atom. The molecule has 86 valence electrons. The fourth-order valence-corrected chi connectivity index (χ4v) is 1.81. The smallest absolute Gasteiger partial charge is 0.271 e. The van der Waals surface area contributed by atoms with E-state index in [1.165, 1.54) is 12.8 Å².